The maximum absolute atomic E-state index is 12.7. The van der Waals surface area contributed by atoms with Crippen molar-refractivity contribution in [3.05, 3.63) is 36.2 Å². The summed E-state index contributed by atoms with van der Waals surface area (Å²) in [5.41, 5.74) is 2.26. The maximum atomic E-state index is 12.7. The normalized spacial score (nSPS) is 12.2. The Kier molecular flexibility index (Phi) is 7.19. The van der Waals surface area contributed by atoms with Crippen LogP contribution in [0.1, 0.15) is 44.6 Å². The average molecular weight is 468 g/mol. The zero-order valence-corrected chi connectivity index (χ0v) is 20.1. The highest BCUT2D eigenvalue weighted by molar-refractivity contribution is 6.05. The van der Waals surface area contributed by atoms with E-state index in [1.807, 2.05) is 12.1 Å². The molecule has 0 unspecified atom stereocenters. The number of pyridine rings is 1. The first kappa shape index (κ1) is 24.7. The Balaban J connectivity index is 1.82. The van der Waals surface area contributed by atoms with Crippen molar-refractivity contribution >= 4 is 34.4 Å². The number of amides is 2. The molecule has 2 heterocycles. The molecule has 3 aromatic rings. The molecule has 2 aromatic heterocycles. The number of anilines is 1. The molecule has 0 radical (unpaired) electrons. The van der Waals surface area contributed by atoms with E-state index in [2.05, 4.69) is 25.8 Å². The molecule has 0 aliphatic rings. The van der Waals surface area contributed by atoms with E-state index in [4.69, 9.17) is 9.47 Å². The summed E-state index contributed by atoms with van der Waals surface area (Å²) in [6.07, 6.45) is 1.57. The highest BCUT2D eigenvalue weighted by Gasteiger charge is 2.23. The Morgan fingerprint density at radius 1 is 1.15 bits per heavy atom. The van der Waals surface area contributed by atoms with Gasteiger partial charge in [0.1, 0.15) is 11.3 Å². The molecular formula is C24H29N5O5. The standard InChI is InChI=1S/C24H29N5O5/c1-13(9-19(30)34-24(2,3)4)21(31)27-18-11-15(12-26-23(18)33-6)14-7-8-16-17(10-14)28-29-20(16)22(32)25-5/h7-8,10-13H,9H2,1-6H3,(H,25,32)(H,27,31)(H,28,29)/t13-/m0/s1. The van der Waals surface area contributed by atoms with Crippen molar-refractivity contribution < 1.29 is 23.9 Å². The second kappa shape index (κ2) is 9.90. The molecule has 1 atom stereocenters. The second-order valence-corrected chi connectivity index (χ2v) is 8.87. The molecule has 0 aliphatic heterocycles. The van der Waals surface area contributed by atoms with Gasteiger partial charge < -0.3 is 20.1 Å². The van der Waals surface area contributed by atoms with Crippen LogP contribution in [-0.4, -0.2) is 52.7 Å². The number of hydrogen-bond donors (Lipinski definition) is 3. The van der Waals surface area contributed by atoms with Gasteiger partial charge in [0.15, 0.2) is 5.69 Å². The van der Waals surface area contributed by atoms with Crippen molar-refractivity contribution in [3.8, 4) is 17.0 Å². The number of nitrogens with one attached hydrogen (secondary N) is 3. The number of aromatic amines is 1. The lowest BCUT2D eigenvalue weighted by Crippen LogP contribution is -2.28. The molecule has 10 nitrogen and oxygen atoms in total. The molecule has 0 spiro atoms. The lowest BCUT2D eigenvalue weighted by Gasteiger charge is -2.21. The van der Waals surface area contributed by atoms with Crippen molar-refractivity contribution in [2.45, 2.75) is 39.7 Å². The number of nitrogens with zero attached hydrogens (tertiary/aromatic N) is 2. The lowest BCUT2D eigenvalue weighted by atomic mass is 10.0. The van der Waals surface area contributed by atoms with Crippen LogP contribution in [0.15, 0.2) is 30.5 Å². The third-order valence-electron chi connectivity index (χ3n) is 4.98. The fourth-order valence-corrected chi connectivity index (χ4v) is 3.33. The summed E-state index contributed by atoms with van der Waals surface area (Å²) in [6, 6.07) is 7.21. The summed E-state index contributed by atoms with van der Waals surface area (Å²) >= 11 is 0. The smallest absolute Gasteiger partial charge is 0.307 e. The lowest BCUT2D eigenvalue weighted by molar-refractivity contribution is -0.156. The van der Waals surface area contributed by atoms with E-state index in [0.717, 1.165) is 5.56 Å². The van der Waals surface area contributed by atoms with Crippen LogP contribution in [-0.2, 0) is 14.3 Å². The van der Waals surface area contributed by atoms with E-state index in [9.17, 15) is 14.4 Å². The van der Waals surface area contributed by atoms with Gasteiger partial charge in [0, 0.05) is 30.1 Å². The van der Waals surface area contributed by atoms with Crippen molar-refractivity contribution in [2.75, 3.05) is 19.5 Å². The summed E-state index contributed by atoms with van der Waals surface area (Å²) in [6.45, 7) is 6.98. The SMILES string of the molecule is CNC(=O)c1n[nH]c2cc(-c3cnc(OC)c(NC(=O)[C@@H](C)CC(=O)OC(C)(C)C)c3)ccc12. The number of fused-ring (bicyclic) bond motifs is 1. The Morgan fingerprint density at radius 2 is 1.88 bits per heavy atom. The van der Waals surface area contributed by atoms with Gasteiger partial charge in [-0.3, -0.25) is 19.5 Å². The highest BCUT2D eigenvalue weighted by atomic mass is 16.6. The third kappa shape index (κ3) is 5.69. The van der Waals surface area contributed by atoms with E-state index < -0.39 is 17.5 Å². The van der Waals surface area contributed by atoms with Crippen LogP contribution in [0.5, 0.6) is 5.88 Å². The first-order valence-corrected chi connectivity index (χ1v) is 10.8. The monoisotopic (exact) mass is 467 g/mol. The molecule has 10 heteroatoms. The minimum absolute atomic E-state index is 0.0529. The van der Waals surface area contributed by atoms with Crippen LogP contribution in [0.4, 0.5) is 5.69 Å². The van der Waals surface area contributed by atoms with Crippen molar-refractivity contribution in [2.24, 2.45) is 5.92 Å². The molecule has 1 aromatic carbocycles. The molecule has 3 N–H and O–H groups in total. The Bertz CT molecular complexity index is 1230. The van der Waals surface area contributed by atoms with E-state index in [-0.39, 0.29) is 24.1 Å². The number of ether oxygens (including phenoxy) is 2. The molecule has 2 amide bonds. The van der Waals surface area contributed by atoms with Gasteiger partial charge in [-0.05, 0) is 44.5 Å². The number of rotatable bonds is 7. The van der Waals surface area contributed by atoms with E-state index in [1.165, 1.54) is 7.11 Å². The van der Waals surface area contributed by atoms with Crippen LogP contribution in [0.3, 0.4) is 0 Å². The highest BCUT2D eigenvalue weighted by Crippen LogP contribution is 2.31. The van der Waals surface area contributed by atoms with Crippen LogP contribution in [0, 0.1) is 5.92 Å². The molecule has 0 fully saturated rings. The van der Waals surface area contributed by atoms with E-state index >= 15 is 0 Å². The zero-order chi connectivity index (χ0) is 25.0. The molecule has 180 valence electrons. The second-order valence-electron chi connectivity index (χ2n) is 8.87. The van der Waals surface area contributed by atoms with Gasteiger partial charge in [-0.25, -0.2) is 4.98 Å². The Hall–Kier alpha value is -3.95. The fourth-order valence-electron chi connectivity index (χ4n) is 3.33. The number of hydrogen-bond acceptors (Lipinski definition) is 7. The van der Waals surface area contributed by atoms with Crippen molar-refractivity contribution in [3.63, 3.8) is 0 Å². The third-order valence-corrected chi connectivity index (χ3v) is 4.98. The van der Waals surface area contributed by atoms with Crippen LogP contribution < -0.4 is 15.4 Å². The number of benzene rings is 1. The first-order valence-electron chi connectivity index (χ1n) is 10.8. The number of carbonyl (C=O) groups is 3. The zero-order valence-electron chi connectivity index (χ0n) is 20.1. The Morgan fingerprint density at radius 3 is 2.53 bits per heavy atom. The summed E-state index contributed by atoms with van der Waals surface area (Å²) < 4.78 is 10.6. The number of carbonyl (C=O) groups excluding carboxylic acids is 3. The number of esters is 1. The van der Waals surface area contributed by atoms with Crippen LogP contribution in [0.25, 0.3) is 22.0 Å². The van der Waals surface area contributed by atoms with Gasteiger partial charge in [-0.15, -0.1) is 0 Å². The average Bonchev–Trinajstić information content (AvgIpc) is 3.20. The number of aromatic nitrogens is 3. The number of methoxy groups -OCH3 is 1. The largest absolute Gasteiger partial charge is 0.480 e. The maximum Gasteiger partial charge on any atom is 0.307 e. The molecule has 0 saturated heterocycles. The fraction of sp³-hybridized carbons (Fsp3) is 0.375. The number of H-pyrrole nitrogens is 1. The molecule has 3 rings (SSSR count). The topological polar surface area (TPSA) is 135 Å². The summed E-state index contributed by atoms with van der Waals surface area (Å²) in [5.74, 6) is -1.46. The van der Waals surface area contributed by atoms with Crippen molar-refractivity contribution in [1.82, 2.24) is 20.5 Å². The quantitative estimate of drug-likeness (QED) is 0.454. The van der Waals surface area contributed by atoms with Gasteiger partial charge in [0.05, 0.1) is 19.0 Å². The molecule has 34 heavy (non-hydrogen) atoms. The predicted molar refractivity (Wildman–Crippen MR) is 128 cm³/mol. The predicted octanol–water partition coefficient (Wildman–Crippen LogP) is 3.30. The summed E-state index contributed by atoms with van der Waals surface area (Å²) in [4.78, 5) is 41.1. The van der Waals surface area contributed by atoms with Gasteiger partial charge in [0.25, 0.3) is 5.91 Å². The van der Waals surface area contributed by atoms with Crippen LogP contribution >= 0.6 is 0 Å². The summed E-state index contributed by atoms with van der Waals surface area (Å²) in [7, 11) is 3.00. The molecular weight excluding hydrogens is 438 g/mol. The molecule has 0 aliphatic carbocycles. The minimum atomic E-state index is -0.619. The first-order chi connectivity index (χ1) is 16.0. The summed E-state index contributed by atoms with van der Waals surface area (Å²) in [5, 5.41) is 13.0. The molecule has 0 bridgehead atoms. The Labute approximate surface area is 197 Å². The van der Waals surface area contributed by atoms with Gasteiger partial charge in [0.2, 0.25) is 11.8 Å². The minimum Gasteiger partial charge on any atom is -0.480 e. The van der Waals surface area contributed by atoms with Gasteiger partial charge in [-0.1, -0.05) is 13.0 Å². The van der Waals surface area contributed by atoms with Gasteiger partial charge in [-0.2, -0.15) is 5.10 Å². The van der Waals surface area contributed by atoms with Crippen molar-refractivity contribution in [1.29, 1.82) is 0 Å². The molecule has 0 saturated carbocycles. The van der Waals surface area contributed by atoms with E-state index in [0.29, 0.717) is 27.8 Å². The van der Waals surface area contributed by atoms with Crippen LogP contribution in [0.2, 0.25) is 0 Å². The van der Waals surface area contributed by atoms with Gasteiger partial charge >= 0.3 is 5.97 Å². The van der Waals surface area contributed by atoms with E-state index in [1.54, 1.807) is 53.1 Å².